The maximum absolute atomic E-state index is 13.5. The van der Waals surface area contributed by atoms with Gasteiger partial charge in [0, 0.05) is 6.07 Å². The monoisotopic (exact) mass is 351 g/mol. The van der Waals surface area contributed by atoms with Crippen molar-refractivity contribution in [2.45, 2.75) is 11.8 Å². The van der Waals surface area contributed by atoms with Gasteiger partial charge < -0.3 is 4.74 Å². The number of hydrogen-bond donors (Lipinski definition) is 1. The van der Waals surface area contributed by atoms with Crippen molar-refractivity contribution in [3.05, 3.63) is 59.7 Å². The third-order valence-electron chi connectivity index (χ3n) is 3.05. The van der Waals surface area contributed by atoms with Crippen LogP contribution in [-0.2, 0) is 10.0 Å². The topological polar surface area (TPSA) is 55.4 Å². The zero-order valence-electron chi connectivity index (χ0n) is 12.8. The van der Waals surface area contributed by atoms with Crippen molar-refractivity contribution in [3.8, 4) is 17.6 Å². The van der Waals surface area contributed by atoms with Crippen molar-refractivity contribution in [3.63, 3.8) is 0 Å². The van der Waals surface area contributed by atoms with Crippen molar-refractivity contribution < 1.29 is 21.9 Å². The Kier molecular flexibility index (Phi) is 5.90. The number of aryl methyl sites for hydroxylation is 1. The molecule has 2 rings (SSSR count). The first-order valence-electron chi connectivity index (χ1n) is 6.99. The fourth-order valence-electron chi connectivity index (χ4n) is 1.85. The summed E-state index contributed by atoms with van der Waals surface area (Å²) in [7, 11) is -4.09. The Bertz CT molecular complexity index is 886. The van der Waals surface area contributed by atoms with Crippen LogP contribution in [0.1, 0.15) is 5.56 Å². The summed E-state index contributed by atoms with van der Waals surface area (Å²) in [6.07, 6.45) is 0. The zero-order valence-corrected chi connectivity index (χ0v) is 13.7. The molecule has 0 saturated heterocycles. The molecule has 24 heavy (non-hydrogen) atoms. The molecule has 1 N–H and O–H groups in total. The molecule has 0 amide bonds. The molecule has 0 spiro atoms. The molecule has 0 fully saturated rings. The van der Waals surface area contributed by atoms with Crippen LogP contribution in [-0.4, -0.2) is 21.6 Å². The van der Waals surface area contributed by atoms with Gasteiger partial charge in [-0.3, -0.25) is 0 Å². The summed E-state index contributed by atoms with van der Waals surface area (Å²) in [5, 5.41) is 0. The van der Waals surface area contributed by atoms with Gasteiger partial charge in [-0.2, -0.15) is 4.72 Å². The third kappa shape index (κ3) is 4.78. The maximum Gasteiger partial charge on any atom is 0.244 e. The van der Waals surface area contributed by atoms with Gasteiger partial charge in [-0.1, -0.05) is 30.0 Å². The van der Waals surface area contributed by atoms with E-state index in [-0.39, 0.29) is 13.2 Å². The quantitative estimate of drug-likeness (QED) is 0.843. The highest BCUT2D eigenvalue weighted by atomic mass is 32.2. The lowest BCUT2D eigenvalue weighted by Gasteiger charge is -2.05. The Morgan fingerprint density at radius 1 is 1.12 bits per heavy atom. The second-order valence-electron chi connectivity index (χ2n) is 4.81. The molecule has 0 heterocycles. The van der Waals surface area contributed by atoms with Crippen LogP contribution in [0.2, 0.25) is 0 Å². The van der Waals surface area contributed by atoms with Gasteiger partial charge in [-0.05, 0) is 30.7 Å². The zero-order chi connectivity index (χ0) is 17.6. The number of ether oxygens (including phenoxy) is 1. The van der Waals surface area contributed by atoms with Crippen LogP contribution in [0.5, 0.6) is 5.75 Å². The van der Waals surface area contributed by atoms with Gasteiger partial charge in [0.15, 0.2) is 0 Å². The van der Waals surface area contributed by atoms with E-state index < -0.39 is 26.6 Å². The lowest BCUT2D eigenvalue weighted by molar-refractivity contribution is 0.367. The predicted octanol–water partition coefficient (Wildman–Crippen LogP) is 2.63. The lowest BCUT2D eigenvalue weighted by atomic mass is 10.2. The van der Waals surface area contributed by atoms with Crippen LogP contribution in [0.15, 0.2) is 47.4 Å². The highest BCUT2D eigenvalue weighted by Crippen LogP contribution is 2.16. The maximum atomic E-state index is 13.5. The van der Waals surface area contributed by atoms with Gasteiger partial charge in [0.1, 0.15) is 28.9 Å². The van der Waals surface area contributed by atoms with Crippen molar-refractivity contribution in [2.24, 2.45) is 0 Å². The summed E-state index contributed by atoms with van der Waals surface area (Å²) in [6, 6.07) is 9.67. The largest absolute Gasteiger partial charge is 0.481 e. The Morgan fingerprint density at radius 3 is 2.58 bits per heavy atom. The predicted molar refractivity (Wildman–Crippen MR) is 86.0 cm³/mol. The van der Waals surface area contributed by atoms with Crippen LogP contribution in [0.25, 0.3) is 0 Å². The van der Waals surface area contributed by atoms with Crippen LogP contribution in [0.4, 0.5) is 8.78 Å². The summed E-state index contributed by atoms with van der Waals surface area (Å²) >= 11 is 0. The van der Waals surface area contributed by atoms with Gasteiger partial charge in [0.25, 0.3) is 0 Å². The van der Waals surface area contributed by atoms with Crippen molar-refractivity contribution in [1.29, 1.82) is 0 Å². The van der Waals surface area contributed by atoms with Gasteiger partial charge in [-0.25, -0.2) is 17.2 Å². The molecule has 2 aromatic rings. The minimum atomic E-state index is -4.09. The fraction of sp³-hybridized carbons (Fsp3) is 0.176. The summed E-state index contributed by atoms with van der Waals surface area (Å²) in [5.41, 5.74) is 0.965. The normalized spacial score (nSPS) is 10.8. The molecule has 0 radical (unpaired) electrons. The Hall–Kier alpha value is -2.43. The molecule has 7 heteroatoms. The molecule has 0 aliphatic heterocycles. The number of rotatable bonds is 5. The van der Waals surface area contributed by atoms with Gasteiger partial charge >= 0.3 is 0 Å². The van der Waals surface area contributed by atoms with Gasteiger partial charge in [0.2, 0.25) is 10.0 Å². The summed E-state index contributed by atoms with van der Waals surface area (Å²) in [6.45, 7) is 1.78. The standard InChI is InChI=1S/C17H15F2NO3S/c1-13-6-2-3-7-16(13)23-11-5-4-10-20-24(21,22)17-9-8-14(18)12-15(17)19/h2-3,6-9,12,20H,10-11H2,1H3. The number of hydrogen-bond acceptors (Lipinski definition) is 3. The Labute approximate surface area is 139 Å². The average Bonchev–Trinajstić information content (AvgIpc) is 2.52. The van der Waals surface area contributed by atoms with Crippen LogP contribution < -0.4 is 9.46 Å². The second-order valence-corrected chi connectivity index (χ2v) is 6.54. The molecule has 0 unspecified atom stereocenters. The number of para-hydroxylation sites is 1. The molecule has 2 aromatic carbocycles. The smallest absolute Gasteiger partial charge is 0.244 e. The highest BCUT2D eigenvalue weighted by Gasteiger charge is 2.18. The number of halogens is 2. The summed E-state index contributed by atoms with van der Waals surface area (Å²) in [5.74, 6) is 3.92. The molecule has 0 aliphatic carbocycles. The molecule has 4 nitrogen and oxygen atoms in total. The molecule has 0 aliphatic rings. The molecule has 0 atom stereocenters. The van der Waals surface area contributed by atoms with Crippen LogP contribution >= 0.6 is 0 Å². The minimum Gasteiger partial charge on any atom is -0.481 e. The molecular formula is C17H15F2NO3S. The first-order valence-corrected chi connectivity index (χ1v) is 8.47. The number of nitrogens with one attached hydrogen (secondary N) is 1. The third-order valence-corrected chi connectivity index (χ3v) is 4.49. The molecule has 0 aromatic heterocycles. The van der Waals surface area contributed by atoms with E-state index in [1.807, 2.05) is 25.1 Å². The first-order chi connectivity index (χ1) is 11.4. The molecule has 0 bridgehead atoms. The van der Waals surface area contributed by atoms with Gasteiger partial charge in [-0.15, -0.1) is 0 Å². The second kappa shape index (κ2) is 7.90. The molecule has 0 saturated carbocycles. The minimum absolute atomic E-state index is 0.0947. The fourth-order valence-corrected chi connectivity index (χ4v) is 2.83. The van der Waals surface area contributed by atoms with Crippen LogP contribution in [0.3, 0.4) is 0 Å². The highest BCUT2D eigenvalue weighted by molar-refractivity contribution is 7.89. The number of benzene rings is 2. The lowest BCUT2D eigenvalue weighted by Crippen LogP contribution is -2.25. The Morgan fingerprint density at radius 2 is 1.88 bits per heavy atom. The number of sulfonamides is 1. The van der Waals surface area contributed by atoms with E-state index in [0.29, 0.717) is 11.8 Å². The summed E-state index contributed by atoms with van der Waals surface area (Å²) in [4.78, 5) is -0.623. The van der Waals surface area contributed by atoms with Crippen LogP contribution in [0, 0.1) is 30.4 Å². The van der Waals surface area contributed by atoms with Crippen molar-refractivity contribution in [1.82, 2.24) is 4.72 Å². The van der Waals surface area contributed by atoms with Crippen molar-refractivity contribution >= 4 is 10.0 Å². The summed E-state index contributed by atoms with van der Waals surface area (Å²) < 4.78 is 57.6. The molecular weight excluding hydrogens is 336 g/mol. The first kappa shape index (κ1) is 17.9. The average molecular weight is 351 g/mol. The van der Waals surface area contributed by atoms with E-state index in [1.54, 1.807) is 6.07 Å². The van der Waals surface area contributed by atoms with E-state index in [4.69, 9.17) is 4.74 Å². The molecule has 126 valence electrons. The van der Waals surface area contributed by atoms with E-state index in [0.717, 1.165) is 17.7 Å². The van der Waals surface area contributed by atoms with E-state index in [9.17, 15) is 17.2 Å². The van der Waals surface area contributed by atoms with E-state index in [2.05, 4.69) is 16.6 Å². The van der Waals surface area contributed by atoms with Gasteiger partial charge in [0.05, 0.1) is 6.54 Å². The van der Waals surface area contributed by atoms with Crippen molar-refractivity contribution in [2.75, 3.05) is 13.2 Å². The van der Waals surface area contributed by atoms with E-state index in [1.165, 1.54) is 0 Å². The Balaban J connectivity index is 1.89. The van der Waals surface area contributed by atoms with E-state index >= 15 is 0 Å². The SMILES string of the molecule is Cc1ccccc1OCC#CCNS(=O)(=O)c1ccc(F)cc1F.